The summed E-state index contributed by atoms with van der Waals surface area (Å²) in [5, 5.41) is 0. The number of hydrogen-bond acceptors (Lipinski definition) is 1. The molecule has 0 radical (unpaired) electrons. The minimum atomic E-state index is 0.196. The molecule has 2 unspecified atom stereocenters. The lowest BCUT2D eigenvalue weighted by atomic mass is 9.68. The average molecular weight is 188 g/mol. The van der Waals surface area contributed by atoms with Crippen molar-refractivity contribution in [1.29, 1.82) is 0 Å². The highest BCUT2D eigenvalue weighted by atomic mass is 16.1. The second-order valence-electron chi connectivity index (χ2n) is 5.58. The van der Waals surface area contributed by atoms with E-state index in [-0.39, 0.29) is 5.78 Å². The van der Waals surface area contributed by atoms with E-state index in [0.717, 1.165) is 6.42 Å². The fourth-order valence-corrected chi connectivity index (χ4v) is 3.74. The standard InChI is InChI=1S/C13H16O/c1-12-4-2-5-13(9-12)6-3-11(14)7-10(13)8-12/h3,6-7H,2,4-5,8-9H2,1H3. The zero-order valence-electron chi connectivity index (χ0n) is 8.68. The van der Waals surface area contributed by atoms with Crippen LogP contribution in [0.5, 0.6) is 0 Å². The molecule has 2 bridgehead atoms. The van der Waals surface area contributed by atoms with Crippen LogP contribution in [-0.4, -0.2) is 5.78 Å². The van der Waals surface area contributed by atoms with Crippen molar-refractivity contribution in [3.8, 4) is 0 Å². The van der Waals surface area contributed by atoms with E-state index in [1.807, 2.05) is 6.08 Å². The number of fused-ring (bicyclic) bond motifs is 1. The molecule has 1 spiro atoms. The van der Waals surface area contributed by atoms with Crippen molar-refractivity contribution >= 4 is 5.78 Å². The van der Waals surface area contributed by atoms with Crippen molar-refractivity contribution in [3.05, 3.63) is 23.8 Å². The average Bonchev–Trinajstić information content (AvgIpc) is 2.31. The molecule has 0 amide bonds. The number of ketones is 1. The van der Waals surface area contributed by atoms with Gasteiger partial charge in [0.2, 0.25) is 0 Å². The maximum Gasteiger partial charge on any atom is 0.178 e. The number of carbonyl (C=O) groups is 1. The molecule has 3 aliphatic carbocycles. The Morgan fingerprint density at radius 2 is 2.21 bits per heavy atom. The molecule has 2 atom stereocenters. The minimum Gasteiger partial charge on any atom is -0.290 e. The summed E-state index contributed by atoms with van der Waals surface area (Å²) in [4.78, 5) is 11.3. The van der Waals surface area contributed by atoms with Gasteiger partial charge in [0.25, 0.3) is 0 Å². The first kappa shape index (κ1) is 8.46. The summed E-state index contributed by atoms with van der Waals surface area (Å²) in [6.07, 6.45) is 12.2. The van der Waals surface area contributed by atoms with Gasteiger partial charge < -0.3 is 0 Å². The summed E-state index contributed by atoms with van der Waals surface area (Å²) in [6.45, 7) is 2.38. The van der Waals surface area contributed by atoms with Crippen molar-refractivity contribution in [1.82, 2.24) is 0 Å². The third-order valence-electron chi connectivity index (χ3n) is 4.29. The van der Waals surface area contributed by atoms with E-state index in [1.165, 1.54) is 31.3 Å². The normalized spacial score (nSPS) is 44.9. The van der Waals surface area contributed by atoms with Gasteiger partial charge in [0.15, 0.2) is 5.78 Å². The second kappa shape index (κ2) is 2.39. The van der Waals surface area contributed by atoms with Crippen molar-refractivity contribution in [2.75, 3.05) is 0 Å². The van der Waals surface area contributed by atoms with Gasteiger partial charge in [0.1, 0.15) is 0 Å². The second-order valence-corrected chi connectivity index (χ2v) is 5.58. The van der Waals surface area contributed by atoms with E-state index in [2.05, 4.69) is 13.0 Å². The number of allylic oxidation sites excluding steroid dienone is 4. The molecule has 74 valence electrons. The molecule has 1 heteroatoms. The van der Waals surface area contributed by atoms with Crippen LogP contribution in [0.25, 0.3) is 0 Å². The molecule has 0 aromatic heterocycles. The number of hydrogen-bond donors (Lipinski definition) is 0. The Morgan fingerprint density at radius 3 is 3.07 bits per heavy atom. The predicted octanol–water partition coefficient (Wildman–Crippen LogP) is 3.02. The van der Waals surface area contributed by atoms with Gasteiger partial charge in [-0.2, -0.15) is 0 Å². The molecule has 0 heterocycles. The van der Waals surface area contributed by atoms with E-state index < -0.39 is 0 Å². The Labute approximate surface area is 84.9 Å². The largest absolute Gasteiger partial charge is 0.290 e. The van der Waals surface area contributed by atoms with Gasteiger partial charge in [-0.15, -0.1) is 0 Å². The van der Waals surface area contributed by atoms with Crippen LogP contribution in [0.2, 0.25) is 0 Å². The first-order valence-electron chi connectivity index (χ1n) is 5.56. The molecule has 0 aliphatic heterocycles. The molecule has 2 fully saturated rings. The smallest absolute Gasteiger partial charge is 0.178 e. The van der Waals surface area contributed by atoms with Crippen LogP contribution in [0.3, 0.4) is 0 Å². The van der Waals surface area contributed by atoms with E-state index in [4.69, 9.17) is 0 Å². The van der Waals surface area contributed by atoms with E-state index >= 15 is 0 Å². The Hall–Kier alpha value is -0.850. The third kappa shape index (κ3) is 0.985. The lowest BCUT2D eigenvalue weighted by molar-refractivity contribution is -0.110. The fourth-order valence-electron chi connectivity index (χ4n) is 3.74. The van der Waals surface area contributed by atoms with Crippen LogP contribution < -0.4 is 0 Å². The van der Waals surface area contributed by atoms with Crippen molar-refractivity contribution in [2.24, 2.45) is 10.8 Å². The van der Waals surface area contributed by atoms with Crippen LogP contribution >= 0.6 is 0 Å². The highest BCUT2D eigenvalue weighted by Gasteiger charge is 2.51. The SMILES string of the molecule is CC12CCCC3(C=CC(=O)C=C3C1)C2. The van der Waals surface area contributed by atoms with Crippen molar-refractivity contribution in [3.63, 3.8) is 0 Å². The molecule has 0 aromatic carbocycles. The molecule has 0 saturated heterocycles. The van der Waals surface area contributed by atoms with Gasteiger partial charge >= 0.3 is 0 Å². The van der Waals surface area contributed by atoms with Crippen LogP contribution in [0.1, 0.15) is 39.0 Å². The Kier molecular flexibility index (Phi) is 1.44. The molecule has 0 aromatic rings. The molecule has 3 aliphatic rings. The minimum absolute atomic E-state index is 0.196. The highest BCUT2D eigenvalue weighted by molar-refractivity contribution is 6.01. The number of rotatable bonds is 0. The van der Waals surface area contributed by atoms with Gasteiger partial charge in [-0.05, 0) is 43.3 Å². The van der Waals surface area contributed by atoms with E-state index in [0.29, 0.717) is 10.8 Å². The molecular formula is C13H16O. The summed E-state index contributed by atoms with van der Waals surface area (Å²) >= 11 is 0. The summed E-state index contributed by atoms with van der Waals surface area (Å²) < 4.78 is 0. The van der Waals surface area contributed by atoms with Crippen LogP contribution in [0.15, 0.2) is 23.8 Å². The molecular weight excluding hydrogens is 172 g/mol. The highest BCUT2D eigenvalue weighted by Crippen LogP contribution is 2.62. The number of carbonyl (C=O) groups excluding carboxylic acids is 1. The Morgan fingerprint density at radius 1 is 1.36 bits per heavy atom. The lowest BCUT2D eigenvalue weighted by Gasteiger charge is -2.36. The van der Waals surface area contributed by atoms with E-state index in [1.54, 1.807) is 6.08 Å². The third-order valence-corrected chi connectivity index (χ3v) is 4.29. The maximum atomic E-state index is 11.3. The summed E-state index contributed by atoms with van der Waals surface area (Å²) in [5.74, 6) is 0.196. The molecule has 1 nitrogen and oxygen atoms in total. The zero-order valence-corrected chi connectivity index (χ0v) is 8.68. The lowest BCUT2D eigenvalue weighted by Crippen LogP contribution is -2.26. The zero-order chi connectivity index (χ0) is 9.81. The Bertz CT molecular complexity index is 363. The Balaban J connectivity index is 2.10. The predicted molar refractivity (Wildman–Crippen MR) is 55.9 cm³/mol. The summed E-state index contributed by atoms with van der Waals surface area (Å²) in [7, 11) is 0. The van der Waals surface area contributed by atoms with Gasteiger partial charge in [0.05, 0.1) is 0 Å². The topological polar surface area (TPSA) is 17.1 Å². The first-order chi connectivity index (χ1) is 6.62. The van der Waals surface area contributed by atoms with Crippen LogP contribution in [0.4, 0.5) is 0 Å². The maximum absolute atomic E-state index is 11.3. The van der Waals surface area contributed by atoms with Crippen LogP contribution in [-0.2, 0) is 4.79 Å². The monoisotopic (exact) mass is 188 g/mol. The van der Waals surface area contributed by atoms with Gasteiger partial charge in [-0.1, -0.05) is 25.0 Å². The molecule has 0 N–H and O–H groups in total. The van der Waals surface area contributed by atoms with Gasteiger partial charge in [-0.3, -0.25) is 4.79 Å². The molecule has 14 heavy (non-hydrogen) atoms. The van der Waals surface area contributed by atoms with E-state index in [9.17, 15) is 4.79 Å². The summed E-state index contributed by atoms with van der Waals surface area (Å²) in [6, 6.07) is 0. The molecule has 2 saturated carbocycles. The van der Waals surface area contributed by atoms with Crippen LogP contribution in [0, 0.1) is 10.8 Å². The van der Waals surface area contributed by atoms with Gasteiger partial charge in [0, 0.05) is 5.41 Å². The van der Waals surface area contributed by atoms with Gasteiger partial charge in [-0.25, -0.2) is 0 Å². The molecule has 3 rings (SSSR count). The summed E-state index contributed by atoms with van der Waals surface area (Å²) in [5.41, 5.74) is 2.20. The fraction of sp³-hybridized carbons (Fsp3) is 0.615. The quantitative estimate of drug-likeness (QED) is 0.571. The van der Waals surface area contributed by atoms with Crippen molar-refractivity contribution in [2.45, 2.75) is 39.0 Å². The van der Waals surface area contributed by atoms with Crippen molar-refractivity contribution < 1.29 is 4.79 Å². The first-order valence-corrected chi connectivity index (χ1v) is 5.56.